The van der Waals surface area contributed by atoms with Gasteiger partial charge >= 0.3 is 0 Å². The SMILES string of the molecule is COc1cc(NC(=O)CC2CCNCC2)ccc1O.Cl. The smallest absolute Gasteiger partial charge is 0.224 e. The van der Waals surface area contributed by atoms with E-state index in [4.69, 9.17) is 4.74 Å². The van der Waals surface area contributed by atoms with Gasteiger partial charge in [0.2, 0.25) is 5.91 Å². The highest BCUT2D eigenvalue weighted by Gasteiger charge is 2.17. The maximum Gasteiger partial charge on any atom is 0.224 e. The van der Waals surface area contributed by atoms with Crippen LogP contribution in [0.3, 0.4) is 0 Å². The van der Waals surface area contributed by atoms with Crippen LogP contribution in [0.5, 0.6) is 11.5 Å². The van der Waals surface area contributed by atoms with Crippen LogP contribution in [0.15, 0.2) is 18.2 Å². The molecule has 0 aromatic heterocycles. The predicted octanol–water partition coefficient (Wildman–Crippen LogP) is 2.15. The Kier molecular flexibility index (Phi) is 6.61. The van der Waals surface area contributed by atoms with Crippen LogP contribution in [0, 0.1) is 5.92 Å². The number of anilines is 1. The fraction of sp³-hybridized carbons (Fsp3) is 0.500. The topological polar surface area (TPSA) is 70.6 Å². The molecule has 0 spiro atoms. The first-order valence-electron chi connectivity index (χ1n) is 6.56. The number of carbonyl (C=O) groups is 1. The van der Waals surface area contributed by atoms with E-state index in [-0.39, 0.29) is 24.1 Å². The van der Waals surface area contributed by atoms with E-state index in [2.05, 4.69) is 10.6 Å². The molecule has 0 bridgehead atoms. The van der Waals surface area contributed by atoms with Gasteiger partial charge in [-0.3, -0.25) is 4.79 Å². The number of hydrogen-bond acceptors (Lipinski definition) is 4. The summed E-state index contributed by atoms with van der Waals surface area (Å²) in [4.78, 5) is 11.9. The van der Waals surface area contributed by atoms with Gasteiger partial charge in [0, 0.05) is 18.2 Å². The van der Waals surface area contributed by atoms with Gasteiger partial charge < -0.3 is 20.5 Å². The summed E-state index contributed by atoms with van der Waals surface area (Å²) in [6.07, 6.45) is 2.64. The molecule has 112 valence electrons. The Morgan fingerprint density at radius 3 is 2.80 bits per heavy atom. The molecule has 1 aromatic carbocycles. The normalized spacial score (nSPS) is 15.2. The van der Waals surface area contributed by atoms with Crippen LogP contribution in [0.2, 0.25) is 0 Å². The molecule has 20 heavy (non-hydrogen) atoms. The zero-order valence-corrected chi connectivity index (χ0v) is 12.3. The van der Waals surface area contributed by atoms with Gasteiger partial charge in [-0.05, 0) is 44.0 Å². The average Bonchev–Trinajstić information content (AvgIpc) is 2.42. The van der Waals surface area contributed by atoms with Crippen molar-refractivity contribution >= 4 is 24.0 Å². The Hall–Kier alpha value is -1.46. The predicted molar refractivity (Wildman–Crippen MR) is 80.7 cm³/mol. The Bertz CT molecular complexity index is 448. The van der Waals surface area contributed by atoms with E-state index < -0.39 is 0 Å². The minimum atomic E-state index is 0. The van der Waals surface area contributed by atoms with Crippen molar-refractivity contribution in [2.75, 3.05) is 25.5 Å². The number of ether oxygens (including phenoxy) is 1. The molecule has 1 fully saturated rings. The van der Waals surface area contributed by atoms with Crippen molar-refractivity contribution in [3.63, 3.8) is 0 Å². The molecule has 3 N–H and O–H groups in total. The number of phenols is 1. The second kappa shape index (κ2) is 7.97. The number of nitrogens with one attached hydrogen (secondary N) is 2. The summed E-state index contributed by atoms with van der Waals surface area (Å²) in [5.41, 5.74) is 0.647. The second-order valence-corrected chi connectivity index (χ2v) is 4.83. The summed E-state index contributed by atoms with van der Waals surface area (Å²) in [5.74, 6) is 0.901. The first-order chi connectivity index (χ1) is 9.19. The third-order valence-corrected chi connectivity index (χ3v) is 3.40. The van der Waals surface area contributed by atoms with Gasteiger partial charge in [-0.2, -0.15) is 0 Å². The van der Waals surface area contributed by atoms with Crippen LogP contribution in [0.25, 0.3) is 0 Å². The van der Waals surface area contributed by atoms with E-state index in [1.54, 1.807) is 12.1 Å². The van der Waals surface area contributed by atoms with Crippen LogP contribution in [0.4, 0.5) is 5.69 Å². The summed E-state index contributed by atoms with van der Waals surface area (Å²) < 4.78 is 5.01. The molecule has 1 heterocycles. The molecule has 1 aromatic rings. The summed E-state index contributed by atoms with van der Waals surface area (Å²) in [6, 6.07) is 4.80. The summed E-state index contributed by atoms with van der Waals surface area (Å²) in [5, 5.41) is 15.6. The van der Waals surface area contributed by atoms with E-state index in [0.717, 1.165) is 25.9 Å². The number of hydrogen-bond donors (Lipinski definition) is 3. The molecule has 1 amide bonds. The van der Waals surface area contributed by atoms with E-state index in [1.165, 1.54) is 13.2 Å². The number of benzene rings is 1. The number of methoxy groups -OCH3 is 1. The minimum absolute atomic E-state index is 0. The molecule has 1 saturated heterocycles. The molecule has 0 atom stereocenters. The maximum absolute atomic E-state index is 11.9. The van der Waals surface area contributed by atoms with Crippen molar-refractivity contribution in [3.05, 3.63) is 18.2 Å². The van der Waals surface area contributed by atoms with Crippen molar-refractivity contribution in [2.45, 2.75) is 19.3 Å². The largest absolute Gasteiger partial charge is 0.504 e. The van der Waals surface area contributed by atoms with Gasteiger partial charge in [-0.15, -0.1) is 12.4 Å². The number of halogens is 1. The fourth-order valence-corrected chi connectivity index (χ4v) is 2.32. The summed E-state index contributed by atoms with van der Waals surface area (Å²) in [6.45, 7) is 1.98. The lowest BCUT2D eigenvalue weighted by Gasteiger charge is -2.21. The number of phenolic OH excluding ortho intramolecular Hbond substituents is 1. The van der Waals surface area contributed by atoms with Gasteiger partial charge in [-0.25, -0.2) is 0 Å². The maximum atomic E-state index is 11.9. The third kappa shape index (κ3) is 4.58. The van der Waals surface area contributed by atoms with Gasteiger partial charge in [0.15, 0.2) is 11.5 Å². The Labute approximate surface area is 125 Å². The van der Waals surface area contributed by atoms with Gasteiger partial charge in [-0.1, -0.05) is 0 Å². The number of rotatable bonds is 4. The van der Waals surface area contributed by atoms with Crippen molar-refractivity contribution < 1.29 is 14.6 Å². The van der Waals surface area contributed by atoms with Crippen LogP contribution in [-0.4, -0.2) is 31.2 Å². The van der Waals surface area contributed by atoms with Gasteiger partial charge in [0.25, 0.3) is 0 Å². The average molecular weight is 301 g/mol. The molecule has 2 rings (SSSR count). The Morgan fingerprint density at radius 1 is 1.45 bits per heavy atom. The molecule has 0 unspecified atom stereocenters. The third-order valence-electron chi connectivity index (χ3n) is 3.40. The highest BCUT2D eigenvalue weighted by molar-refractivity contribution is 5.91. The molecular weight excluding hydrogens is 280 g/mol. The Balaban J connectivity index is 0.00000200. The minimum Gasteiger partial charge on any atom is -0.504 e. The molecule has 1 aliphatic heterocycles. The molecule has 0 radical (unpaired) electrons. The monoisotopic (exact) mass is 300 g/mol. The van der Waals surface area contributed by atoms with E-state index in [0.29, 0.717) is 23.8 Å². The van der Waals surface area contributed by atoms with Crippen molar-refractivity contribution in [3.8, 4) is 11.5 Å². The highest BCUT2D eigenvalue weighted by atomic mass is 35.5. The van der Waals surface area contributed by atoms with E-state index >= 15 is 0 Å². The lowest BCUT2D eigenvalue weighted by Crippen LogP contribution is -2.30. The zero-order valence-electron chi connectivity index (χ0n) is 11.5. The molecule has 0 aliphatic carbocycles. The van der Waals surface area contributed by atoms with E-state index in [1.807, 2.05) is 0 Å². The summed E-state index contributed by atoms with van der Waals surface area (Å²) in [7, 11) is 1.48. The highest BCUT2D eigenvalue weighted by Crippen LogP contribution is 2.28. The molecular formula is C14H21ClN2O3. The number of piperidine rings is 1. The number of aromatic hydroxyl groups is 1. The molecule has 0 saturated carbocycles. The van der Waals surface area contributed by atoms with Crippen LogP contribution >= 0.6 is 12.4 Å². The summed E-state index contributed by atoms with van der Waals surface area (Å²) >= 11 is 0. The first kappa shape index (κ1) is 16.6. The molecule has 1 aliphatic rings. The van der Waals surface area contributed by atoms with Gasteiger partial charge in [0.1, 0.15) is 0 Å². The zero-order chi connectivity index (χ0) is 13.7. The number of carbonyl (C=O) groups excluding carboxylic acids is 1. The van der Waals surface area contributed by atoms with E-state index in [9.17, 15) is 9.90 Å². The fourth-order valence-electron chi connectivity index (χ4n) is 2.32. The second-order valence-electron chi connectivity index (χ2n) is 4.83. The molecule has 5 nitrogen and oxygen atoms in total. The standard InChI is InChI=1S/C14H20N2O3.ClH/c1-19-13-9-11(2-3-12(13)17)16-14(18)8-10-4-6-15-7-5-10;/h2-3,9-10,15,17H,4-8H2,1H3,(H,16,18);1H. The lowest BCUT2D eigenvalue weighted by molar-refractivity contribution is -0.117. The van der Waals surface area contributed by atoms with Crippen molar-refractivity contribution in [1.82, 2.24) is 5.32 Å². The lowest BCUT2D eigenvalue weighted by atomic mass is 9.94. The van der Waals surface area contributed by atoms with Crippen molar-refractivity contribution in [2.24, 2.45) is 5.92 Å². The van der Waals surface area contributed by atoms with Crippen LogP contribution in [0.1, 0.15) is 19.3 Å². The van der Waals surface area contributed by atoms with Crippen molar-refractivity contribution in [1.29, 1.82) is 0 Å². The van der Waals surface area contributed by atoms with Crippen LogP contribution in [-0.2, 0) is 4.79 Å². The Morgan fingerprint density at radius 2 is 2.15 bits per heavy atom. The quantitative estimate of drug-likeness (QED) is 0.745. The van der Waals surface area contributed by atoms with Crippen LogP contribution < -0.4 is 15.4 Å². The van der Waals surface area contributed by atoms with Gasteiger partial charge in [0.05, 0.1) is 7.11 Å². The molecule has 6 heteroatoms. The number of amides is 1. The first-order valence-corrected chi connectivity index (χ1v) is 6.56.